The van der Waals surface area contributed by atoms with Crippen LogP contribution in [-0.4, -0.2) is 79.0 Å². The van der Waals surface area contributed by atoms with E-state index in [1.54, 1.807) is 28.6 Å². The van der Waals surface area contributed by atoms with E-state index in [0.717, 1.165) is 51.6 Å². The fourth-order valence-corrected chi connectivity index (χ4v) is 8.49. The van der Waals surface area contributed by atoms with Gasteiger partial charge in [0.05, 0.1) is 10.9 Å². The molecule has 3 saturated heterocycles. The highest BCUT2D eigenvalue weighted by Crippen LogP contribution is 2.43. The van der Waals surface area contributed by atoms with E-state index in [1.165, 1.54) is 19.3 Å². The first-order valence-electron chi connectivity index (χ1n) is 13.7. The highest BCUT2D eigenvalue weighted by Gasteiger charge is 2.47. The second-order valence-electron chi connectivity index (χ2n) is 11.4. The van der Waals surface area contributed by atoms with Gasteiger partial charge >= 0.3 is 6.09 Å². The van der Waals surface area contributed by atoms with Crippen molar-refractivity contribution in [3.05, 3.63) is 29.3 Å². The van der Waals surface area contributed by atoms with Gasteiger partial charge in [0, 0.05) is 29.7 Å². The van der Waals surface area contributed by atoms with Gasteiger partial charge in [-0.05, 0) is 102 Å². The van der Waals surface area contributed by atoms with E-state index in [-0.39, 0.29) is 35.2 Å². The summed E-state index contributed by atoms with van der Waals surface area (Å²) in [5.74, 6) is 0.403. The standard InChI is InChI=1S/C27H40ClN3O4S/c1-27(30-16-3-2-4-17-30)14-18-29(19-15-27)26(32)35-20-23-6-5-7-25(21-8-9-21)31(23)36(33,34)24-12-10-22(28)11-13-24/h10-13,21,23,25H,2-9,14-20H2,1H3/t23-,25+/m0/s1. The second kappa shape index (κ2) is 10.8. The first kappa shape index (κ1) is 26.3. The molecular formula is C27H40ClN3O4S. The van der Waals surface area contributed by atoms with Crippen LogP contribution >= 0.6 is 11.6 Å². The molecule has 2 atom stereocenters. The third-order valence-electron chi connectivity index (χ3n) is 8.90. The number of halogens is 1. The van der Waals surface area contributed by atoms with Gasteiger partial charge in [0.15, 0.2) is 0 Å². The third kappa shape index (κ3) is 5.57. The maximum atomic E-state index is 13.7. The van der Waals surface area contributed by atoms with Crippen LogP contribution in [0, 0.1) is 5.92 Å². The molecule has 4 aliphatic rings. The number of hydrogen-bond donors (Lipinski definition) is 0. The van der Waals surface area contributed by atoms with E-state index >= 15 is 0 Å². The fraction of sp³-hybridized carbons (Fsp3) is 0.741. The topological polar surface area (TPSA) is 70.2 Å². The van der Waals surface area contributed by atoms with E-state index in [2.05, 4.69) is 11.8 Å². The van der Waals surface area contributed by atoms with Crippen molar-refractivity contribution in [1.82, 2.24) is 14.1 Å². The summed E-state index contributed by atoms with van der Waals surface area (Å²) in [6.07, 6.45) is 10.1. The summed E-state index contributed by atoms with van der Waals surface area (Å²) in [6, 6.07) is 6.03. The summed E-state index contributed by atoms with van der Waals surface area (Å²) in [4.78, 5) is 17.7. The first-order valence-corrected chi connectivity index (χ1v) is 15.6. The maximum Gasteiger partial charge on any atom is 0.409 e. The Morgan fingerprint density at radius 2 is 1.64 bits per heavy atom. The van der Waals surface area contributed by atoms with Crippen LogP contribution in [-0.2, 0) is 14.8 Å². The van der Waals surface area contributed by atoms with Gasteiger partial charge in [-0.15, -0.1) is 0 Å². The molecule has 0 bridgehead atoms. The summed E-state index contributed by atoms with van der Waals surface area (Å²) in [5.41, 5.74) is 0.154. The van der Waals surface area contributed by atoms with Crippen molar-refractivity contribution in [2.45, 2.75) is 93.7 Å². The lowest BCUT2D eigenvalue weighted by Crippen LogP contribution is -2.56. The molecule has 3 aliphatic heterocycles. The minimum Gasteiger partial charge on any atom is -0.448 e. The van der Waals surface area contributed by atoms with E-state index < -0.39 is 10.0 Å². The van der Waals surface area contributed by atoms with Gasteiger partial charge in [-0.2, -0.15) is 4.31 Å². The predicted octanol–water partition coefficient (Wildman–Crippen LogP) is 5.14. The minimum atomic E-state index is -3.72. The van der Waals surface area contributed by atoms with Gasteiger partial charge in [0.1, 0.15) is 6.61 Å². The van der Waals surface area contributed by atoms with Gasteiger partial charge in [-0.1, -0.05) is 24.4 Å². The largest absolute Gasteiger partial charge is 0.448 e. The number of amides is 1. The number of rotatable bonds is 6. The summed E-state index contributed by atoms with van der Waals surface area (Å²) in [7, 11) is -3.72. The molecule has 1 aliphatic carbocycles. The van der Waals surface area contributed by atoms with Crippen LogP contribution in [0.5, 0.6) is 0 Å². The van der Waals surface area contributed by atoms with Gasteiger partial charge in [0.2, 0.25) is 10.0 Å². The molecule has 1 aromatic carbocycles. The molecule has 4 fully saturated rings. The number of piperidine rings is 3. The Kier molecular flexibility index (Phi) is 7.87. The molecule has 3 heterocycles. The number of benzene rings is 1. The Balaban J connectivity index is 1.23. The van der Waals surface area contributed by atoms with Crippen molar-refractivity contribution in [2.24, 2.45) is 5.92 Å². The third-order valence-corrected chi connectivity index (χ3v) is 11.1. The normalized spacial score (nSPS) is 28.1. The molecule has 0 spiro atoms. The van der Waals surface area contributed by atoms with Gasteiger partial charge in [-0.25, -0.2) is 13.2 Å². The Morgan fingerprint density at radius 1 is 0.972 bits per heavy atom. The van der Waals surface area contributed by atoms with Gasteiger partial charge < -0.3 is 9.64 Å². The number of nitrogens with zero attached hydrogens (tertiary/aromatic N) is 3. The Morgan fingerprint density at radius 3 is 2.28 bits per heavy atom. The summed E-state index contributed by atoms with van der Waals surface area (Å²) in [6.45, 7) is 6.13. The van der Waals surface area contributed by atoms with Crippen molar-refractivity contribution >= 4 is 27.7 Å². The van der Waals surface area contributed by atoms with Crippen molar-refractivity contribution in [2.75, 3.05) is 32.8 Å². The molecule has 36 heavy (non-hydrogen) atoms. The lowest BCUT2D eigenvalue weighted by Gasteiger charge is -2.48. The summed E-state index contributed by atoms with van der Waals surface area (Å²) < 4.78 is 35.0. The zero-order valence-corrected chi connectivity index (χ0v) is 23.0. The Labute approximate surface area is 221 Å². The van der Waals surface area contributed by atoms with Crippen molar-refractivity contribution in [3.8, 4) is 0 Å². The van der Waals surface area contributed by atoms with Crippen LogP contribution in [0.3, 0.4) is 0 Å². The number of likely N-dealkylation sites (tertiary alicyclic amines) is 2. The van der Waals surface area contributed by atoms with Crippen LogP contribution in [0.1, 0.15) is 71.1 Å². The molecule has 1 amide bonds. The number of sulfonamides is 1. The van der Waals surface area contributed by atoms with Crippen LogP contribution in [0.25, 0.3) is 0 Å². The quantitative estimate of drug-likeness (QED) is 0.502. The van der Waals surface area contributed by atoms with Crippen LogP contribution in [0.15, 0.2) is 29.2 Å². The lowest BCUT2D eigenvalue weighted by atomic mass is 9.86. The van der Waals surface area contributed by atoms with E-state index in [9.17, 15) is 13.2 Å². The predicted molar refractivity (Wildman–Crippen MR) is 141 cm³/mol. The molecule has 7 nitrogen and oxygen atoms in total. The molecule has 0 radical (unpaired) electrons. The van der Waals surface area contributed by atoms with Crippen LogP contribution in [0.4, 0.5) is 4.79 Å². The molecular weight excluding hydrogens is 498 g/mol. The van der Waals surface area contributed by atoms with E-state index in [1.807, 2.05) is 4.90 Å². The molecule has 1 saturated carbocycles. The lowest BCUT2D eigenvalue weighted by molar-refractivity contribution is 0.0110. The van der Waals surface area contributed by atoms with E-state index in [4.69, 9.17) is 16.3 Å². The highest BCUT2D eigenvalue weighted by molar-refractivity contribution is 7.89. The Bertz CT molecular complexity index is 1020. The zero-order chi connectivity index (χ0) is 25.3. The molecule has 0 unspecified atom stereocenters. The molecule has 200 valence electrons. The summed E-state index contributed by atoms with van der Waals surface area (Å²) in [5, 5.41) is 0.509. The number of hydrogen-bond acceptors (Lipinski definition) is 5. The number of ether oxygens (including phenoxy) is 1. The maximum absolute atomic E-state index is 13.7. The number of carbonyl (C=O) groups is 1. The van der Waals surface area contributed by atoms with Gasteiger partial charge in [-0.3, -0.25) is 4.90 Å². The van der Waals surface area contributed by atoms with Gasteiger partial charge in [0.25, 0.3) is 0 Å². The van der Waals surface area contributed by atoms with Crippen molar-refractivity contribution in [1.29, 1.82) is 0 Å². The minimum absolute atomic E-state index is 0.0247. The average molecular weight is 538 g/mol. The van der Waals surface area contributed by atoms with Crippen LogP contribution < -0.4 is 0 Å². The summed E-state index contributed by atoms with van der Waals surface area (Å²) >= 11 is 6.01. The van der Waals surface area contributed by atoms with E-state index in [0.29, 0.717) is 30.5 Å². The fourth-order valence-electron chi connectivity index (χ4n) is 6.45. The van der Waals surface area contributed by atoms with Crippen molar-refractivity contribution in [3.63, 3.8) is 0 Å². The number of carbonyl (C=O) groups excluding carboxylic acids is 1. The SMILES string of the molecule is CC1(N2CCCCC2)CCN(C(=O)OC[C@@H]2CCC[C@H](C3CC3)N2S(=O)(=O)c2ccc(Cl)cc2)CC1. The molecule has 0 aromatic heterocycles. The monoisotopic (exact) mass is 537 g/mol. The molecule has 0 N–H and O–H groups in total. The smallest absolute Gasteiger partial charge is 0.409 e. The highest BCUT2D eigenvalue weighted by atomic mass is 35.5. The molecule has 1 aromatic rings. The second-order valence-corrected chi connectivity index (χ2v) is 13.7. The van der Waals surface area contributed by atoms with Crippen LogP contribution in [0.2, 0.25) is 5.02 Å². The molecule has 9 heteroatoms. The first-order chi connectivity index (χ1) is 17.3. The zero-order valence-electron chi connectivity index (χ0n) is 21.4. The molecule has 5 rings (SSSR count). The van der Waals surface area contributed by atoms with Crippen molar-refractivity contribution < 1.29 is 17.9 Å². The Hall–Kier alpha value is -1.35. The average Bonchev–Trinajstić information content (AvgIpc) is 3.74.